The molecule has 1 aliphatic rings. The van der Waals surface area contributed by atoms with Gasteiger partial charge in [0.25, 0.3) is 0 Å². The van der Waals surface area contributed by atoms with Crippen LogP contribution in [0.4, 0.5) is 5.95 Å². The zero-order valence-corrected chi connectivity index (χ0v) is 12.6. The number of benzene rings is 1. The van der Waals surface area contributed by atoms with Gasteiger partial charge in [-0.05, 0) is 67.2 Å². The Morgan fingerprint density at radius 3 is 3.06 bits per heavy atom. The molecule has 0 spiro atoms. The molecule has 2 N–H and O–H groups in total. The van der Waals surface area contributed by atoms with Gasteiger partial charge in [-0.3, -0.25) is 0 Å². The summed E-state index contributed by atoms with van der Waals surface area (Å²) in [5.41, 5.74) is 8.20. The molecule has 2 aromatic rings. The third-order valence-electron chi connectivity index (χ3n) is 3.80. The van der Waals surface area contributed by atoms with Gasteiger partial charge in [0.1, 0.15) is 0 Å². The van der Waals surface area contributed by atoms with Crippen molar-refractivity contribution in [2.24, 2.45) is 0 Å². The van der Waals surface area contributed by atoms with Gasteiger partial charge in [0.05, 0.1) is 11.0 Å². The Morgan fingerprint density at radius 1 is 1.50 bits per heavy atom. The van der Waals surface area contributed by atoms with Crippen molar-refractivity contribution in [1.29, 1.82) is 0 Å². The highest BCUT2D eigenvalue weighted by Crippen LogP contribution is 2.24. The monoisotopic (exact) mass is 356 g/mol. The van der Waals surface area contributed by atoms with Crippen LogP contribution in [-0.4, -0.2) is 34.1 Å². The molecule has 18 heavy (non-hydrogen) atoms. The van der Waals surface area contributed by atoms with Crippen molar-refractivity contribution in [3.05, 3.63) is 21.8 Å². The first-order valence-corrected chi connectivity index (χ1v) is 7.34. The molecule has 1 aromatic carbocycles. The lowest BCUT2D eigenvalue weighted by Gasteiger charge is -2.20. The van der Waals surface area contributed by atoms with Crippen LogP contribution in [0.2, 0.25) is 0 Å². The van der Waals surface area contributed by atoms with Gasteiger partial charge >= 0.3 is 0 Å². The topological polar surface area (TPSA) is 47.1 Å². The van der Waals surface area contributed by atoms with E-state index in [9.17, 15) is 0 Å². The molecule has 5 heteroatoms. The van der Waals surface area contributed by atoms with Gasteiger partial charge in [0, 0.05) is 16.2 Å². The summed E-state index contributed by atoms with van der Waals surface area (Å²) in [4.78, 5) is 6.87. The standard InChI is InChI=1S/C13H17IN4/c1-17-6-2-3-10(17)8-18-12-5-4-9(14)7-11(12)16-13(18)15/h4-5,7,10H,2-3,6,8H2,1H3,(H2,15,16). The number of fused-ring (bicyclic) bond motifs is 1. The number of imidazole rings is 1. The number of halogens is 1. The van der Waals surface area contributed by atoms with Gasteiger partial charge in [-0.25, -0.2) is 4.98 Å². The summed E-state index contributed by atoms with van der Waals surface area (Å²) in [5.74, 6) is 0.632. The third kappa shape index (κ3) is 2.09. The second kappa shape index (κ2) is 4.70. The smallest absolute Gasteiger partial charge is 0.201 e. The van der Waals surface area contributed by atoms with E-state index >= 15 is 0 Å². The molecule has 1 aliphatic heterocycles. The molecular weight excluding hydrogens is 339 g/mol. The summed E-state index contributed by atoms with van der Waals surface area (Å²) >= 11 is 2.30. The molecule has 2 heterocycles. The maximum absolute atomic E-state index is 6.06. The first kappa shape index (κ1) is 12.2. The highest BCUT2D eigenvalue weighted by atomic mass is 127. The van der Waals surface area contributed by atoms with Crippen molar-refractivity contribution in [3.8, 4) is 0 Å². The highest BCUT2D eigenvalue weighted by molar-refractivity contribution is 14.1. The molecule has 0 amide bonds. The number of likely N-dealkylation sites (tertiary alicyclic amines) is 1. The first-order chi connectivity index (χ1) is 8.65. The maximum Gasteiger partial charge on any atom is 0.201 e. The molecular formula is C13H17IN4. The van der Waals surface area contributed by atoms with Crippen LogP contribution in [0.15, 0.2) is 18.2 Å². The van der Waals surface area contributed by atoms with Gasteiger partial charge < -0.3 is 15.2 Å². The van der Waals surface area contributed by atoms with E-state index in [1.54, 1.807) is 0 Å². The maximum atomic E-state index is 6.06. The quantitative estimate of drug-likeness (QED) is 0.841. The molecule has 1 fully saturated rings. The average Bonchev–Trinajstić information content (AvgIpc) is 2.85. The minimum atomic E-state index is 0.587. The molecule has 96 valence electrons. The van der Waals surface area contributed by atoms with E-state index in [1.165, 1.54) is 23.0 Å². The lowest BCUT2D eigenvalue weighted by molar-refractivity contribution is 0.285. The minimum absolute atomic E-state index is 0.587. The molecule has 0 radical (unpaired) electrons. The molecule has 0 aliphatic carbocycles. The van der Waals surface area contributed by atoms with E-state index in [0.717, 1.165) is 17.6 Å². The predicted octanol–water partition coefficient (Wildman–Crippen LogP) is 2.32. The summed E-state index contributed by atoms with van der Waals surface area (Å²) in [5, 5.41) is 0. The second-order valence-electron chi connectivity index (χ2n) is 4.99. The third-order valence-corrected chi connectivity index (χ3v) is 4.48. The number of nitrogen functional groups attached to an aromatic ring is 1. The van der Waals surface area contributed by atoms with Crippen LogP contribution in [0.3, 0.4) is 0 Å². The number of likely N-dealkylation sites (N-methyl/N-ethyl adjacent to an activating group) is 1. The first-order valence-electron chi connectivity index (χ1n) is 6.26. The van der Waals surface area contributed by atoms with E-state index in [4.69, 9.17) is 5.73 Å². The molecule has 1 unspecified atom stereocenters. The van der Waals surface area contributed by atoms with Gasteiger partial charge in [-0.1, -0.05) is 0 Å². The molecule has 1 atom stereocenters. The average molecular weight is 356 g/mol. The molecule has 0 saturated carbocycles. The van der Waals surface area contributed by atoms with Crippen LogP contribution in [0.1, 0.15) is 12.8 Å². The SMILES string of the molecule is CN1CCCC1Cn1c(N)nc2cc(I)ccc21. The van der Waals surface area contributed by atoms with Crippen molar-refractivity contribution in [2.75, 3.05) is 19.3 Å². The Morgan fingerprint density at radius 2 is 2.33 bits per heavy atom. The summed E-state index contributed by atoms with van der Waals surface area (Å²) in [6.07, 6.45) is 2.53. The molecule has 1 aromatic heterocycles. The van der Waals surface area contributed by atoms with Crippen molar-refractivity contribution >= 4 is 39.6 Å². The molecule has 4 nitrogen and oxygen atoms in total. The fourth-order valence-electron chi connectivity index (χ4n) is 2.73. The van der Waals surface area contributed by atoms with E-state index in [-0.39, 0.29) is 0 Å². The number of aromatic nitrogens is 2. The summed E-state index contributed by atoms with van der Waals surface area (Å²) in [7, 11) is 2.19. The molecule has 1 saturated heterocycles. The molecule has 0 bridgehead atoms. The lowest BCUT2D eigenvalue weighted by Crippen LogP contribution is -2.29. The number of rotatable bonds is 2. The lowest BCUT2D eigenvalue weighted by atomic mass is 10.2. The second-order valence-corrected chi connectivity index (χ2v) is 6.24. The van der Waals surface area contributed by atoms with Crippen LogP contribution in [0.5, 0.6) is 0 Å². The highest BCUT2D eigenvalue weighted by Gasteiger charge is 2.22. The Balaban J connectivity index is 1.98. The van der Waals surface area contributed by atoms with Crippen molar-refractivity contribution in [1.82, 2.24) is 14.5 Å². The van der Waals surface area contributed by atoms with E-state index < -0.39 is 0 Å². The normalized spacial score (nSPS) is 20.9. The summed E-state index contributed by atoms with van der Waals surface area (Å²) in [6.45, 7) is 2.13. The fourth-order valence-corrected chi connectivity index (χ4v) is 3.21. The summed E-state index contributed by atoms with van der Waals surface area (Å²) < 4.78 is 3.35. The van der Waals surface area contributed by atoms with Crippen LogP contribution < -0.4 is 5.73 Å². The van der Waals surface area contributed by atoms with Gasteiger partial charge in [0.15, 0.2) is 0 Å². The van der Waals surface area contributed by atoms with E-state index in [1.807, 2.05) is 0 Å². The van der Waals surface area contributed by atoms with Crippen molar-refractivity contribution in [3.63, 3.8) is 0 Å². The van der Waals surface area contributed by atoms with Crippen LogP contribution >= 0.6 is 22.6 Å². The largest absolute Gasteiger partial charge is 0.369 e. The predicted molar refractivity (Wildman–Crippen MR) is 82.5 cm³/mol. The van der Waals surface area contributed by atoms with E-state index in [0.29, 0.717) is 12.0 Å². The van der Waals surface area contributed by atoms with Crippen molar-refractivity contribution in [2.45, 2.75) is 25.4 Å². The Hall–Kier alpha value is -0.820. The van der Waals surface area contributed by atoms with Crippen molar-refractivity contribution < 1.29 is 0 Å². The number of nitrogens with two attached hydrogens (primary N) is 1. The Bertz CT molecular complexity index is 578. The Labute approximate surface area is 120 Å². The number of anilines is 1. The zero-order valence-electron chi connectivity index (χ0n) is 10.4. The van der Waals surface area contributed by atoms with Crippen LogP contribution in [0, 0.1) is 3.57 Å². The number of nitrogens with zero attached hydrogens (tertiary/aromatic N) is 3. The summed E-state index contributed by atoms with van der Waals surface area (Å²) in [6, 6.07) is 6.90. The van der Waals surface area contributed by atoms with Crippen LogP contribution in [0.25, 0.3) is 11.0 Å². The molecule has 3 rings (SSSR count). The van der Waals surface area contributed by atoms with Crippen LogP contribution in [-0.2, 0) is 6.54 Å². The minimum Gasteiger partial charge on any atom is -0.369 e. The number of hydrogen-bond acceptors (Lipinski definition) is 3. The van der Waals surface area contributed by atoms with Gasteiger partial charge in [0.2, 0.25) is 5.95 Å². The number of hydrogen-bond donors (Lipinski definition) is 1. The zero-order chi connectivity index (χ0) is 12.7. The fraction of sp³-hybridized carbons (Fsp3) is 0.462. The van der Waals surface area contributed by atoms with E-state index in [2.05, 4.69) is 62.3 Å². The Kier molecular flexibility index (Phi) is 3.19. The van der Waals surface area contributed by atoms with Gasteiger partial charge in [-0.2, -0.15) is 0 Å². The van der Waals surface area contributed by atoms with Gasteiger partial charge in [-0.15, -0.1) is 0 Å².